The van der Waals surface area contributed by atoms with Crippen LogP contribution in [0, 0.1) is 0 Å². The van der Waals surface area contributed by atoms with Crippen molar-refractivity contribution in [3.63, 3.8) is 0 Å². The fraction of sp³-hybridized carbons (Fsp3) is 0.300. The quantitative estimate of drug-likeness (QED) is 0.882. The first-order valence-corrected chi connectivity index (χ1v) is 8.21. The molecule has 1 saturated carbocycles. The summed E-state index contributed by atoms with van der Waals surface area (Å²) in [4.78, 5) is 16.2. The Morgan fingerprint density at radius 2 is 1.67 bits per heavy atom. The number of hydrogen-bond acceptors (Lipinski definition) is 3. The monoisotopic (exact) mass is 322 g/mol. The second kappa shape index (κ2) is 6.87. The average Bonchev–Trinajstić information content (AvgIpc) is 3.39. The number of aromatic nitrogens is 1. The van der Waals surface area contributed by atoms with Crippen molar-refractivity contribution in [3.05, 3.63) is 59.9 Å². The lowest BCUT2D eigenvalue weighted by Crippen LogP contribution is -2.47. The molecule has 1 aliphatic carbocycles. The third-order valence-corrected chi connectivity index (χ3v) is 3.89. The van der Waals surface area contributed by atoms with Gasteiger partial charge in [-0.15, -0.1) is 0 Å². The zero-order valence-corrected chi connectivity index (χ0v) is 14.0. The number of hydrogen-bond donors (Lipinski definition) is 1. The van der Waals surface area contributed by atoms with Gasteiger partial charge in [-0.2, -0.15) is 0 Å². The van der Waals surface area contributed by atoms with E-state index in [0.717, 1.165) is 24.0 Å². The minimum Gasteiger partial charge on any atom is -0.478 e. The Kier molecular flexibility index (Phi) is 4.65. The highest BCUT2D eigenvalue weighted by molar-refractivity contribution is 5.85. The maximum Gasteiger partial charge on any atom is 0.263 e. The van der Waals surface area contributed by atoms with E-state index >= 15 is 0 Å². The third kappa shape index (κ3) is 4.44. The van der Waals surface area contributed by atoms with Crippen LogP contribution in [0.2, 0.25) is 0 Å². The van der Waals surface area contributed by atoms with Crippen LogP contribution < -0.4 is 10.1 Å². The molecule has 0 spiro atoms. The summed E-state index contributed by atoms with van der Waals surface area (Å²) in [6.07, 6.45) is 9.74. The fourth-order valence-corrected chi connectivity index (χ4v) is 2.24. The predicted molar refractivity (Wildman–Crippen MR) is 95.5 cm³/mol. The second-order valence-corrected chi connectivity index (χ2v) is 6.54. The molecule has 124 valence electrons. The van der Waals surface area contributed by atoms with Gasteiger partial charge < -0.3 is 10.1 Å². The maximum absolute atomic E-state index is 12.2. The SMILES string of the molecule is CC(C)(Oc1ccc(/C=C/c2ccncc2)cc1)C(=O)NC1CC1. The van der Waals surface area contributed by atoms with Crippen LogP contribution >= 0.6 is 0 Å². The Morgan fingerprint density at radius 3 is 2.25 bits per heavy atom. The Balaban J connectivity index is 1.61. The van der Waals surface area contributed by atoms with Gasteiger partial charge in [-0.25, -0.2) is 0 Å². The van der Waals surface area contributed by atoms with E-state index in [2.05, 4.69) is 10.3 Å². The summed E-state index contributed by atoms with van der Waals surface area (Å²) in [6, 6.07) is 12.0. The molecule has 0 radical (unpaired) electrons. The number of nitrogens with one attached hydrogen (secondary N) is 1. The number of carbonyl (C=O) groups is 1. The van der Waals surface area contributed by atoms with Gasteiger partial charge in [-0.1, -0.05) is 24.3 Å². The van der Waals surface area contributed by atoms with E-state index in [9.17, 15) is 4.79 Å². The van der Waals surface area contributed by atoms with Crippen molar-refractivity contribution in [2.75, 3.05) is 0 Å². The molecule has 4 nitrogen and oxygen atoms in total. The minimum atomic E-state index is -0.878. The zero-order valence-electron chi connectivity index (χ0n) is 14.0. The second-order valence-electron chi connectivity index (χ2n) is 6.54. The van der Waals surface area contributed by atoms with Gasteiger partial charge in [0.05, 0.1) is 0 Å². The van der Waals surface area contributed by atoms with Crippen molar-refractivity contribution in [1.82, 2.24) is 10.3 Å². The smallest absolute Gasteiger partial charge is 0.263 e. The van der Waals surface area contributed by atoms with Gasteiger partial charge in [0.25, 0.3) is 5.91 Å². The molecule has 24 heavy (non-hydrogen) atoms. The van der Waals surface area contributed by atoms with E-state index in [0.29, 0.717) is 11.8 Å². The molecule has 1 heterocycles. The van der Waals surface area contributed by atoms with Crippen molar-refractivity contribution >= 4 is 18.1 Å². The van der Waals surface area contributed by atoms with Gasteiger partial charge in [-0.05, 0) is 62.1 Å². The number of nitrogens with zero attached hydrogens (tertiary/aromatic N) is 1. The summed E-state index contributed by atoms with van der Waals surface area (Å²) < 4.78 is 5.87. The highest BCUT2D eigenvalue weighted by atomic mass is 16.5. The standard InChI is InChI=1S/C20H22N2O2/c1-20(2,19(23)22-17-7-8-17)24-18-9-5-15(6-10-18)3-4-16-11-13-21-14-12-16/h3-6,9-14,17H,7-8H2,1-2H3,(H,22,23)/b4-3+. The van der Waals surface area contributed by atoms with Crippen LogP contribution in [0.5, 0.6) is 5.75 Å². The zero-order chi connectivity index (χ0) is 17.0. The van der Waals surface area contributed by atoms with Crippen LogP contribution in [0.15, 0.2) is 48.8 Å². The average molecular weight is 322 g/mol. The summed E-state index contributed by atoms with van der Waals surface area (Å²) >= 11 is 0. The van der Waals surface area contributed by atoms with Gasteiger partial charge >= 0.3 is 0 Å². The van der Waals surface area contributed by atoms with Crippen LogP contribution in [-0.4, -0.2) is 22.5 Å². The van der Waals surface area contributed by atoms with Crippen molar-refractivity contribution in [1.29, 1.82) is 0 Å². The molecule has 0 unspecified atom stereocenters. The lowest BCUT2D eigenvalue weighted by Gasteiger charge is -2.25. The van der Waals surface area contributed by atoms with Gasteiger partial charge in [-0.3, -0.25) is 9.78 Å². The topological polar surface area (TPSA) is 51.2 Å². The van der Waals surface area contributed by atoms with Crippen LogP contribution in [0.1, 0.15) is 37.8 Å². The number of carbonyl (C=O) groups excluding carboxylic acids is 1. The lowest BCUT2D eigenvalue weighted by atomic mass is 10.1. The molecule has 1 amide bonds. The molecule has 1 N–H and O–H groups in total. The largest absolute Gasteiger partial charge is 0.478 e. The summed E-state index contributed by atoms with van der Waals surface area (Å²) in [5.74, 6) is 0.624. The van der Waals surface area contributed by atoms with Gasteiger partial charge in [0.1, 0.15) is 5.75 Å². The molecule has 1 aliphatic rings. The Labute approximate surface area is 142 Å². The first kappa shape index (κ1) is 16.2. The van der Waals surface area contributed by atoms with E-state index < -0.39 is 5.60 Å². The van der Waals surface area contributed by atoms with Crippen LogP contribution in [0.25, 0.3) is 12.2 Å². The minimum absolute atomic E-state index is 0.0633. The number of pyridine rings is 1. The van der Waals surface area contributed by atoms with Crippen molar-refractivity contribution < 1.29 is 9.53 Å². The molecule has 0 saturated heterocycles. The summed E-state index contributed by atoms with van der Waals surface area (Å²) in [5, 5.41) is 2.98. The molecule has 0 atom stereocenters. The van der Waals surface area contributed by atoms with Crippen LogP contribution in [-0.2, 0) is 4.79 Å². The fourth-order valence-electron chi connectivity index (χ4n) is 2.24. The molecule has 3 rings (SSSR count). The number of rotatable bonds is 6. The third-order valence-electron chi connectivity index (χ3n) is 3.89. The molecule has 1 aromatic heterocycles. The number of benzene rings is 1. The normalized spacial score (nSPS) is 14.6. The molecule has 1 fully saturated rings. The van der Waals surface area contributed by atoms with Crippen molar-refractivity contribution in [2.45, 2.75) is 38.3 Å². The summed E-state index contributed by atoms with van der Waals surface area (Å²) in [5.41, 5.74) is 1.29. The van der Waals surface area contributed by atoms with E-state index in [4.69, 9.17) is 4.74 Å². The van der Waals surface area contributed by atoms with Crippen LogP contribution in [0.3, 0.4) is 0 Å². The molecule has 0 bridgehead atoms. The first-order valence-electron chi connectivity index (χ1n) is 8.21. The molecule has 0 aliphatic heterocycles. The van der Waals surface area contributed by atoms with Crippen LogP contribution in [0.4, 0.5) is 0 Å². The van der Waals surface area contributed by atoms with Crippen molar-refractivity contribution in [3.8, 4) is 5.75 Å². The van der Waals surface area contributed by atoms with E-state index in [1.165, 1.54) is 0 Å². The van der Waals surface area contributed by atoms with Gasteiger partial charge in [0.15, 0.2) is 5.60 Å². The number of ether oxygens (including phenoxy) is 1. The molecular weight excluding hydrogens is 300 g/mol. The highest BCUT2D eigenvalue weighted by Crippen LogP contribution is 2.23. The van der Waals surface area contributed by atoms with Gasteiger partial charge in [0.2, 0.25) is 0 Å². The van der Waals surface area contributed by atoms with Gasteiger partial charge in [0, 0.05) is 18.4 Å². The Hall–Kier alpha value is -2.62. The molecule has 1 aromatic carbocycles. The maximum atomic E-state index is 12.2. The lowest BCUT2D eigenvalue weighted by molar-refractivity contribution is -0.134. The summed E-state index contributed by atoms with van der Waals surface area (Å²) in [7, 11) is 0. The Bertz CT molecular complexity index is 717. The first-order chi connectivity index (χ1) is 11.5. The number of amides is 1. The van der Waals surface area contributed by atoms with E-state index in [-0.39, 0.29) is 5.91 Å². The van der Waals surface area contributed by atoms with Crippen molar-refractivity contribution in [2.24, 2.45) is 0 Å². The van der Waals surface area contributed by atoms with E-state index in [1.807, 2.05) is 48.6 Å². The molecule has 4 heteroatoms. The predicted octanol–water partition coefficient (Wildman–Crippen LogP) is 3.69. The molecular formula is C20H22N2O2. The van der Waals surface area contributed by atoms with E-state index in [1.54, 1.807) is 26.2 Å². The molecule has 2 aromatic rings. The Morgan fingerprint density at radius 1 is 1.08 bits per heavy atom. The summed E-state index contributed by atoms with van der Waals surface area (Å²) in [6.45, 7) is 3.59. The highest BCUT2D eigenvalue weighted by Gasteiger charge is 2.34.